The lowest BCUT2D eigenvalue weighted by molar-refractivity contribution is 0.0929. The summed E-state index contributed by atoms with van der Waals surface area (Å²) in [5.74, 6) is 2.48. The number of hydrogen-bond acceptors (Lipinski definition) is 6. The molecular formula is C22H28N4O2S. The molecule has 1 aliphatic heterocycles. The van der Waals surface area contributed by atoms with E-state index in [2.05, 4.69) is 60.8 Å². The van der Waals surface area contributed by atoms with Gasteiger partial charge in [0.25, 0.3) is 0 Å². The number of hydrogen-bond donors (Lipinski definition) is 0. The Morgan fingerprint density at radius 3 is 2.83 bits per heavy atom. The van der Waals surface area contributed by atoms with Gasteiger partial charge in [0.2, 0.25) is 5.95 Å². The second kappa shape index (κ2) is 10.0. The highest BCUT2D eigenvalue weighted by Gasteiger charge is 2.27. The predicted octanol–water partition coefficient (Wildman–Crippen LogP) is 3.62. The molecule has 2 aromatic heterocycles. The van der Waals surface area contributed by atoms with Crippen LogP contribution in [0.4, 0.5) is 5.95 Å². The highest BCUT2D eigenvalue weighted by molar-refractivity contribution is 7.07. The highest BCUT2D eigenvalue weighted by atomic mass is 32.1. The van der Waals surface area contributed by atoms with Gasteiger partial charge in [-0.15, -0.1) is 10.2 Å². The maximum atomic E-state index is 5.97. The topological polar surface area (TPSA) is 52.4 Å². The molecule has 0 spiro atoms. The fourth-order valence-electron chi connectivity index (χ4n) is 3.75. The molecule has 7 heteroatoms. The van der Waals surface area contributed by atoms with Crippen LogP contribution in [0.2, 0.25) is 0 Å². The van der Waals surface area contributed by atoms with E-state index in [-0.39, 0.29) is 0 Å². The van der Waals surface area contributed by atoms with E-state index in [4.69, 9.17) is 9.47 Å². The fourth-order valence-corrected chi connectivity index (χ4v) is 4.41. The summed E-state index contributed by atoms with van der Waals surface area (Å²) in [5.41, 5.74) is 2.50. The van der Waals surface area contributed by atoms with Crippen LogP contribution in [0.15, 0.2) is 47.2 Å². The van der Waals surface area contributed by atoms with Crippen LogP contribution in [0.3, 0.4) is 0 Å². The average molecular weight is 413 g/mol. The van der Waals surface area contributed by atoms with E-state index in [0.717, 1.165) is 50.9 Å². The molecule has 1 aliphatic rings. The van der Waals surface area contributed by atoms with E-state index in [1.165, 1.54) is 11.1 Å². The summed E-state index contributed by atoms with van der Waals surface area (Å²) >= 11 is 1.71. The molecule has 3 aromatic rings. The number of aromatic nitrogens is 3. The monoisotopic (exact) mass is 412 g/mol. The first-order valence-corrected chi connectivity index (χ1v) is 11.1. The van der Waals surface area contributed by atoms with Crippen LogP contribution in [0.25, 0.3) is 0 Å². The molecule has 0 bridgehead atoms. The minimum absolute atomic E-state index is 0.520. The van der Waals surface area contributed by atoms with Crippen LogP contribution >= 0.6 is 11.3 Å². The Balaban J connectivity index is 1.36. The number of thiophene rings is 1. The van der Waals surface area contributed by atoms with Gasteiger partial charge in [0.05, 0.1) is 26.4 Å². The van der Waals surface area contributed by atoms with Crippen molar-refractivity contribution in [3.8, 4) is 0 Å². The van der Waals surface area contributed by atoms with Crippen LogP contribution in [-0.2, 0) is 29.0 Å². The zero-order valence-electron chi connectivity index (χ0n) is 16.9. The molecule has 29 heavy (non-hydrogen) atoms. The third-order valence-corrected chi connectivity index (χ3v) is 6.04. The lowest BCUT2D eigenvalue weighted by Crippen LogP contribution is -2.26. The number of nitrogens with zero attached hydrogens (tertiary/aromatic N) is 4. The Kier molecular flexibility index (Phi) is 6.92. The molecule has 0 saturated carbocycles. The van der Waals surface area contributed by atoms with Crippen molar-refractivity contribution in [2.45, 2.75) is 26.0 Å². The zero-order chi connectivity index (χ0) is 19.9. The number of anilines is 1. The summed E-state index contributed by atoms with van der Waals surface area (Å²) in [5, 5.41) is 13.3. The van der Waals surface area contributed by atoms with Crippen molar-refractivity contribution in [3.63, 3.8) is 0 Å². The molecule has 1 atom stereocenters. The summed E-state index contributed by atoms with van der Waals surface area (Å²) in [4.78, 5) is 2.34. The number of rotatable bonds is 10. The van der Waals surface area contributed by atoms with Crippen LogP contribution in [0.5, 0.6) is 0 Å². The summed E-state index contributed by atoms with van der Waals surface area (Å²) in [6, 6.07) is 12.5. The van der Waals surface area contributed by atoms with Crippen molar-refractivity contribution in [1.29, 1.82) is 0 Å². The molecule has 154 valence electrons. The van der Waals surface area contributed by atoms with Crippen LogP contribution < -0.4 is 4.90 Å². The molecular weight excluding hydrogens is 384 g/mol. The second-order valence-corrected chi connectivity index (χ2v) is 8.25. The first kappa shape index (κ1) is 20.1. The van der Waals surface area contributed by atoms with Gasteiger partial charge in [-0.2, -0.15) is 11.3 Å². The van der Waals surface area contributed by atoms with Crippen molar-refractivity contribution in [2.24, 2.45) is 5.92 Å². The van der Waals surface area contributed by atoms with Gasteiger partial charge in [0.1, 0.15) is 5.82 Å². The van der Waals surface area contributed by atoms with Crippen molar-refractivity contribution >= 4 is 17.3 Å². The minimum atomic E-state index is 0.520. The molecule has 0 aliphatic carbocycles. The van der Waals surface area contributed by atoms with Gasteiger partial charge in [-0.05, 0) is 34.4 Å². The normalized spacial score (nSPS) is 16.6. The molecule has 4 rings (SSSR count). The minimum Gasteiger partial charge on any atom is -0.383 e. The third-order valence-electron chi connectivity index (χ3n) is 5.30. The van der Waals surface area contributed by atoms with E-state index in [9.17, 15) is 0 Å². The van der Waals surface area contributed by atoms with Gasteiger partial charge >= 0.3 is 0 Å². The van der Waals surface area contributed by atoms with Crippen molar-refractivity contribution in [3.05, 3.63) is 64.1 Å². The van der Waals surface area contributed by atoms with E-state index >= 15 is 0 Å². The average Bonchev–Trinajstić information content (AvgIpc) is 3.49. The van der Waals surface area contributed by atoms with E-state index in [1.54, 1.807) is 18.4 Å². The maximum absolute atomic E-state index is 5.97. The summed E-state index contributed by atoms with van der Waals surface area (Å²) in [6.07, 6.45) is 1.92. The van der Waals surface area contributed by atoms with Gasteiger partial charge < -0.3 is 14.4 Å². The predicted molar refractivity (Wildman–Crippen MR) is 115 cm³/mol. The van der Waals surface area contributed by atoms with Gasteiger partial charge in [0.15, 0.2) is 0 Å². The van der Waals surface area contributed by atoms with Gasteiger partial charge in [-0.25, -0.2) is 0 Å². The Hall–Kier alpha value is -2.22. The van der Waals surface area contributed by atoms with Crippen LogP contribution in [-0.4, -0.2) is 48.2 Å². The second-order valence-electron chi connectivity index (χ2n) is 7.47. The molecule has 0 N–H and O–H groups in total. The van der Waals surface area contributed by atoms with Crippen molar-refractivity contribution in [1.82, 2.24) is 14.8 Å². The van der Waals surface area contributed by atoms with Crippen molar-refractivity contribution < 1.29 is 9.47 Å². The van der Waals surface area contributed by atoms with Gasteiger partial charge in [-0.3, -0.25) is 4.57 Å². The molecule has 1 aromatic carbocycles. The molecule has 3 heterocycles. The van der Waals surface area contributed by atoms with E-state index in [0.29, 0.717) is 19.1 Å². The van der Waals surface area contributed by atoms with E-state index in [1.807, 2.05) is 6.07 Å². The zero-order valence-corrected chi connectivity index (χ0v) is 17.7. The Morgan fingerprint density at radius 2 is 2.03 bits per heavy atom. The molecule has 1 unspecified atom stereocenters. The quantitative estimate of drug-likeness (QED) is 0.509. The summed E-state index contributed by atoms with van der Waals surface area (Å²) in [7, 11) is 1.73. The molecule has 0 radical (unpaired) electrons. The molecule has 1 saturated heterocycles. The first-order chi connectivity index (χ1) is 14.3. The number of benzene rings is 1. The highest BCUT2D eigenvalue weighted by Crippen LogP contribution is 2.25. The number of ether oxygens (including phenoxy) is 2. The third kappa shape index (κ3) is 5.23. The maximum Gasteiger partial charge on any atom is 0.227 e. The fraction of sp³-hybridized carbons (Fsp3) is 0.455. The lowest BCUT2D eigenvalue weighted by atomic mass is 10.1. The van der Waals surface area contributed by atoms with Crippen LogP contribution in [0, 0.1) is 5.92 Å². The standard InChI is InChI=1S/C22H28N4O2S/c1-27-11-10-26-21(13-19-8-12-29-17-19)23-24-22(26)25-9-7-20(14-25)16-28-15-18-5-3-2-4-6-18/h2-6,8,12,17,20H,7,9-11,13-16H2,1H3. The Bertz CT molecular complexity index is 866. The van der Waals surface area contributed by atoms with Crippen molar-refractivity contribution in [2.75, 3.05) is 38.3 Å². The Morgan fingerprint density at radius 1 is 1.14 bits per heavy atom. The molecule has 0 amide bonds. The SMILES string of the molecule is COCCn1c(Cc2ccsc2)nnc1N1CCC(COCc2ccccc2)C1. The Labute approximate surface area is 176 Å². The molecule has 6 nitrogen and oxygen atoms in total. The van der Waals surface area contributed by atoms with E-state index < -0.39 is 0 Å². The smallest absolute Gasteiger partial charge is 0.227 e. The van der Waals surface area contributed by atoms with Gasteiger partial charge in [0, 0.05) is 32.5 Å². The summed E-state index contributed by atoms with van der Waals surface area (Å²) in [6.45, 7) is 4.82. The summed E-state index contributed by atoms with van der Waals surface area (Å²) < 4.78 is 13.5. The first-order valence-electron chi connectivity index (χ1n) is 10.1. The molecule has 1 fully saturated rings. The number of methoxy groups -OCH3 is 1. The lowest BCUT2D eigenvalue weighted by Gasteiger charge is -2.19. The van der Waals surface area contributed by atoms with Gasteiger partial charge in [-0.1, -0.05) is 30.3 Å². The van der Waals surface area contributed by atoms with Crippen LogP contribution in [0.1, 0.15) is 23.4 Å². The largest absolute Gasteiger partial charge is 0.383 e.